The molecule has 0 radical (unpaired) electrons. The Labute approximate surface area is 165 Å². The van der Waals surface area contributed by atoms with Gasteiger partial charge in [-0.05, 0) is 55.5 Å². The first kappa shape index (κ1) is 19.2. The third-order valence-corrected chi connectivity index (χ3v) is 4.37. The zero-order valence-corrected chi connectivity index (χ0v) is 15.9. The van der Waals surface area contributed by atoms with Crippen molar-refractivity contribution in [2.24, 2.45) is 0 Å². The number of hydrogen-bond donors (Lipinski definition) is 1. The molecule has 8 heteroatoms. The van der Waals surface area contributed by atoms with Crippen molar-refractivity contribution in [3.63, 3.8) is 0 Å². The number of nitrogens with one attached hydrogen (secondary N) is 1. The molecular weight excluding hydrogens is 392 g/mol. The van der Waals surface area contributed by atoms with Crippen LogP contribution >= 0.6 is 23.2 Å². The standard InChI is InChI=1S/C19H16Cl2FN3O2/c1-12-17(18(21)25(24-12)15-6-4-14(22)5-7-15)19(26)23-10-11-27-16-8-2-13(20)3-9-16/h2-9H,10-11H2,1H3,(H,23,26). The average molecular weight is 408 g/mol. The van der Waals surface area contributed by atoms with E-state index in [2.05, 4.69) is 10.4 Å². The quantitative estimate of drug-likeness (QED) is 0.614. The lowest BCUT2D eigenvalue weighted by molar-refractivity contribution is 0.0946. The molecular formula is C19H16Cl2FN3O2. The van der Waals surface area contributed by atoms with E-state index in [0.29, 0.717) is 28.7 Å². The zero-order valence-electron chi connectivity index (χ0n) is 14.4. The van der Waals surface area contributed by atoms with Crippen LogP contribution in [0, 0.1) is 12.7 Å². The van der Waals surface area contributed by atoms with E-state index in [1.165, 1.54) is 28.9 Å². The van der Waals surface area contributed by atoms with E-state index in [-0.39, 0.29) is 29.0 Å². The lowest BCUT2D eigenvalue weighted by Crippen LogP contribution is -2.28. The van der Waals surface area contributed by atoms with Gasteiger partial charge in [-0.15, -0.1) is 0 Å². The Balaban J connectivity index is 1.63. The molecule has 0 saturated heterocycles. The molecule has 0 aliphatic rings. The van der Waals surface area contributed by atoms with Crippen molar-refractivity contribution in [2.45, 2.75) is 6.92 Å². The third kappa shape index (κ3) is 4.59. The van der Waals surface area contributed by atoms with Gasteiger partial charge in [0.2, 0.25) is 0 Å². The number of halogens is 3. The van der Waals surface area contributed by atoms with Crippen molar-refractivity contribution in [1.29, 1.82) is 0 Å². The summed E-state index contributed by atoms with van der Waals surface area (Å²) in [5.74, 6) is -0.0602. The Hall–Kier alpha value is -2.57. The van der Waals surface area contributed by atoms with Crippen molar-refractivity contribution in [1.82, 2.24) is 15.1 Å². The van der Waals surface area contributed by atoms with Crippen LogP contribution in [0.15, 0.2) is 48.5 Å². The number of nitrogens with zero attached hydrogens (tertiary/aromatic N) is 2. The maximum atomic E-state index is 13.1. The van der Waals surface area contributed by atoms with Crippen molar-refractivity contribution >= 4 is 29.1 Å². The second-order valence-electron chi connectivity index (χ2n) is 5.70. The molecule has 27 heavy (non-hydrogen) atoms. The van der Waals surface area contributed by atoms with Gasteiger partial charge in [-0.3, -0.25) is 4.79 Å². The summed E-state index contributed by atoms with van der Waals surface area (Å²) in [6, 6.07) is 12.6. The first-order chi connectivity index (χ1) is 13.0. The fourth-order valence-electron chi connectivity index (χ4n) is 2.46. The summed E-state index contributed by atoms with van der Waals surface area (Å²) in [6.07, 6.45) is 0. The number of carbonyl (C=O) groups excluding carboxylic acids is 1. The minimum Gasteiger partial charge on any atom is -0.492 e. The first-order valence-electron chi connectivity index (χ1n) is 8.13. The second-order valence-corrected chi connectivity index (χ2v) is 6.49. The Bertz CT molecular complexity index is 941. The summed E-state index contributed by atoms with van der Waals surface area (Å²) >= 11 is 12.1. The van der Waals surface area contributed by atoms with Crippen LogP contribution in [0.3, 0.4) is 0 Å². The summed E-state index contributed by atoms with van der Waals surface area (Å²) in [5, 5.41) is 7.81. The topological polar surface area (TPSA) is 56.2 Å². The molecule has 0 saturated carbocycles. The number of hydrogen-bond acceptors (Lipinski definition) is 3. The highest BCUT2D eigenvalue weighted by atomic mass is 35.5. The summed E-state index contributed by atoms with van der Waals surface area (Å²) in [7, 11) is 0. The molecule has 1 amide bonds. The number of amides is 1. The molecule has 1 aromatic heterocycles. The van der Waals surface area contributed by atoms with Gasteiger partial charge in [-0.1, -0.05) is 23.2 Å². The highest BCUT2D eigenvalue weighted by molar-refractivity contribution is 6.33. The van der Waals surface area contributed by atoms with Gasteiger partial charge in [0.25, 0.3) is 5.91 Å². The summed E-state index contributed by atoms with van der Waals surface area (Å²) < 4.78 is 20.0. The third-order valence-electron chi connectivity index (χ3n) is 3.77. The second kappa shape index (κ2) is 8.41. The average Bonchev–Trinajstić information content (AvgIpc) is 2.95. The van der Waals surface area contributed by atoms with Crippen molar-refractivity contribution in [3.8, 4) is 11.4 Å². The van der Waals surface area contributed by atoms with Crippen LogP contribution in [0.1, 0.15) is 16.1 Å². The molecule has 0 unspecified atom stereocenters. The van der Waals surface area contributed by atoms with E-state index < -0.39 is 0 Å². The van der Waals surface area contributed by atoms with Crippen LogP contribution in [0.4, 0.5) is 4.39 Å². The maximum Gasteiger partial charge on any atom is 0.256 e. The fraction of sp³-hybridized carbons (Fsp3) is 0.158. The molecule has 140 valence electrons. The van der Waals surface area contributed by atoms with E-state index in [4.69, 9.17) is 27.9 Å². The van der Waals surface area contributed by atoms with E-state index >= 15 is 0 Å². The number of aromatic nitrogens is 2. The molecule has 3 aromatic rings. The molecule has 2 aromatic carbocycles. The first-order valence-corrected chi connectivity index (χ1v) is 8.89. The normalized spacial score (nSPS) is 10.7. The van der Waals surface area contributed by atoms with Crippen LogP contribution in [-0.2, 0) is 0 Å². The largest absolute Gasteiger partial charge is 0.492 e. The highest BCUT2D eigenvalue weighted by Crippen LogP contribution is 2.23. The molecule has 1 heterocycles. The highest BCUT2D eigenvalue weighted by Gasteiger charge is 2.20. The van der Waals surface area contributed by atoms with Gasteiger partial charge in [-0.25, -0.2) is 9.07 Å². The number of aryl methyl sites for hydroxylation is 1. The number of carbonyl (C=O) groups is 1. The Morgan fingerprint density at radius 3 is 2.48 bits per heavy atom. The van der Waals surface area contributed by atoms with Crippen LogP contribution in [-0.4, -0.2) is 28.8 Å². The summed E-state index contributed by atoms with van der Waals surface area (Å²) in [5.41, 5.74) is 1.31. The van der Waals surface area contributed by atoms with Crippen LogP contribution in [0.2, 0.25) is 10.2 Å². The Morgan fingerprint density at radius 2 is 1.81 bits per heavy atom. The van der Waals surface area contributed by atoms with Crippen LogP contribution in [0.5, 0.6) is 5.75 Å². The number of ether oxygens (including phenoxy) is 1. The Kier molecular flexibility index (Phi) is 5.98. The molecule has 1 N–H and O–H groups in total. The molecule has 0 aliphatic carbocycles. The van der Waals surface area contributed by atoms with E-state index in [1.54, 1.807) is 31.2 Å². The van der Waals surface area contributed by atoms with Gasteiger partial charge in [-0.2, -0.15) is 5.10 Å². The molecule has 5 nitrogen and oxygen atoms in total. The predicted molar refractivity (Wildman–Crippen MR) is 103 cm³/mol. The monoisotopic (exact) mass is 407 g/mol. The van der Waals surface area contributed by atoms with Gasteiger partial charge >= 0.3 is 0 Å². The Morgan fingerprint density at radius 1 is 1.15 bits per heavy atom. The van der Waals surface area contributed by atoms with Crippen molar-refractivity contribution in [2.75, 3.05) is 13.2 Å². The van der Waals surface area contributed by atoms with Gasteiger partial charge in [0.15, 0.2) is 0 Å². The zero-order chi connectivity index (χ0) is 19.4. The molecule has 0 spiro atoms. The predicted octanol–water partition coefficient (Wildman–Crippen LogP) is 4.44. The number of rotatable bonds is 6. The van der Waals surface area contributed by atoms with Crippen molar-refractivity contribution < 1.29 is 13.9 Å². The minimum atomic E-state index is -0.364. The van der Waals surface area contributed by atoms with Gasteiger partial charge in [0, 0.05) is 5.02 Å². The smallest absolute Gasteiger partial charge is 0.256 e. The van der Waals surface area contributed by atoms with Crippen LogP contribution in [0.25, 0.3) is 5.69 Å². The molecule has 3 rings (SSSR count). The van der Waals surface area contributed by atoms with Gasteiger partial charge < -0.3 is 10.1 Å². The molecule has 0 bridgehead atoms. The lowest BCUT2D eigenvalue weighted by atomic mass is 10.2. The molecule has 0 aliphatic heterocycles. The summed E-state index contributed by atoms with van der Waals surface area (Å²) in [6.45, 7) is 2.26. The minimum absolute atomic E-state index is 0.162. The van der Waals surface area contributed by atoms with Gasteiger partial charge in [0.05, 0.1) is 23.5 Å². The lowest BCUT2D eigenvalue weighted by Gasteiger charge is -2.08. The SMILES string of the molecule is Cc1nn(-c2ccc(F)cc2)c(Cl)c1C(=O)NCCOc1ccc(Cl)cc1. The molecule has 0 atom stereocenters. The maximum absolute atomic E-state index is 13.1. The molecule has 0 fully saturated rings. The number of benzene rings is 2. The van der Waals surface area contributed by atoms with Crippen molar-refractivity contribution in [3.05, 3.63) is 75.8 Å². The fourth-order valence-corrected chi connectivity index (χ4v) is 2.95. The van der Waals surface area contributed by atoms with Crippen LogP contribution < -0.4 is 10.1 Å². The van der Waals surface area contributed by atoms with E-state index in [0.717, 1.165) is 0 Å². The van der Waals surface area contributed by atoms with E-state index in [9.17, 15) is 9.18 Å². The summed E-state index contributed by atoms with van der Waals surface area (Å²) in [4.78, 5) is 12.5. The van der Waals surface area contributed by atoms with Gasteiger partial charge in [0.1, 0.15) is 23.3 Å². The van der Waals surface area contributed by atoms with E-state index in [1.807, 2.05) is 0 Å².